The minimum absolute atomic E-state index is 0.174. The van der Waals surface area contributed by atoms with E-state index in [1.807, 2.05) is 19.1 Å². The van der Waals surface area contributed by atoms with Gasteiger partial charge in [0, 0.05) is 18.3 Å². The van der Waals surface area contributed by atoms with Crippen LogP contribution in [0.25, 0.3) is 0 Å². The highest BCUT2D eigenvalue weighted by atomic mass is 16.5. The number of nitrogens with two attached hydrogens (primary N) is 1. The second-order valence-corrected chi connectivity index (χ2v) is 5.86. The Kier molecular flexibility index (Phi) is 7.85. The SMILES string of the molecule is Cc1cccnc1OCC(O)CNCCCOc1ccccc1C(N)=O. The lowest BCUT2D eigenvalue weighted by Crippen LogP contribution is -2.32. The highest BCUT2D eigenvalue weighted by Gasteiger charge is 2.09. The van der Waals surface area contributed by atoms with Crippen molar-refractivity contribution < 1.29 is 19.4 Å². The molecule has 0 bridgehead atoms. The van der Waals surface area contributed by atoms with Gasteiger partial charge < -0.3 is 25.6 Å². The number of nitrogens with zero attached hydrogens (tertiary/aromatic N) is 1. The van der Waals surface area contributed by atoms with Gasteiger partial charge in [0.25, 0.3) is 5.91 Å². The normalized spacial score (nSPS) is 11.8. The van der Waals surface area contributed by atoms with Crippen LogP contribution in [0.1, 0.15) is 22.3 Å². The number of hydrogen-bond acceptors (Lipinski definition) is 6. The summed E-state index contributed by atoms with van der Waals surface area (Å²) in [5, 5.41) is 13.1. The molecule has 0 radical (unpaired) electrons. The number of benzene rings is 1. The average Bonchev–Trinajstić information content (AvgIpc) is 2.64. The van der Waals surface area contributed by atoms with E-state index in [1.165, 1.54) is 0 Å². The number of aryl methyl sites for hydroxylation is 1. The average molecular weight is 359 g/mol. The minimum Gasteiger partial charge on any atom is -0.493 e. The molecule has 0 aliphatic rings. The van der Waals surface area contributed by atoms with Crippen molar-refractivity contribution in [3.8, 4) is 11.6 Å². The van der Waals surface area contributed by atoms with E-state index in [4.69, 9.17) is 15.2 Å². The van der Waals surface area contributed by atoms with Crippen molar-refractivity contribution in [2.45, 2.75) is 19.4 Å². The Labute approximate surface area is 153 Å². The molecule has 0 saturated carbocycles. The molecule has 26 heavy (non-hydrogen) atoms. The fourth-order valence-electron chi connectivity index (χ4n) is 2.30. The van der Waals surface area contributed by atoms with Gasteiger partial charge in [-0.15, -0.1) is 0 Å². The summed E-state index contributed by atoms with van der Waals surface area (Å²) in [7, 11) is 0. The Morgan fingerprint density at radius 3 is 2.85 bits per heavy atom. The number of hydrogen-bond donors (Lipinski definition) is 3. The lowest BCUT2D eigenvalue weighted by Gasteiger charge is -2.14. The Morgan fingerprint density at radius 2 is 2.08 bits per heavy atom. The summed E-state index contributed by atoms with van der Waals surface area (Å²) in [5.41, 5.74) is 6.61. The lowest BCUT2D eigenvalue weighted by molar-refractivity contribution is 0.0995. The molecule has 140 valence electrons. The van der Waals surface area contributed by atoms with Crippen molar-refractivity contribution in [1.29, 1.82) is 0 Å². The van der Waals surface area contributed by atoms with Gasteiger partial charge >= 0.3 is 0 Å². The van der Waals surface area contributed by atoms with Gasteiger partial charge in [0.05, 0.1) is 12.2 Å². The molecule has 2 rings (SSSR count). The van der Waals surface area contributed by atoms with Crippen LogP contribution in [0.2, 0.25) is 0 Å². The standard InChI is InChI=1S/C19H25N3O4/c1-14-6-4-10-22-19(14)26-13-15(23)12-21-9-5-11-25-17-8-3-2-7-16(17)18(20)24/h2-4,6-8,10,15,21,23H,5,9,11-13H2,1H3,(H2,20,24). The molecule has 0 spiro atoms. The van der Waals surface area contributed by atoms with Crippen LogP contribution in [0.3, 0.4) is 0 Å². The van der Waals surface area contributed by atoms with E-state index in [-0.39, 0.29) is 6.61 Å². The third-order valence-electron chi connectivity index (χ3n) is 3.66. The Bertz CT molecular complexity index is 709. The summed E-state index contributed by atoms with van der Waals surface area (Å²) in [4.78, 5) is 15.4. The van der Waals surface area contributed by atoms with Crippen molar-refractivity contribution in [2.75, 3.05) is 26.3 Å². The second kappa shape index (κ2) is 10.4. The Hall–Kier alpha value is -2.64. The number of aliphatic hydroxyl groups excluding tert-OH is 1. The lowest BCUT2D eigenvalue weighted by atomic mass is 10.2. The van der Waals surface area contributed by atoms with Gasteiger partial charge in [0.1, 0.15) is 18.5 Å². The highest BCUT2D eigenvalue weighted by Crippen LogP contribution is 2.17. The quantitative estimate of drug-likeness (QED) is 0.522. The van der Waals surface area contributed by atoms with Crippen LogP contribution < -0.4 is 20.5 Å². The highest BCUT2D eigenvalue weighted by molar-refractivity contribution is 5.95. The van der Waals surface area contributed by atoms with E-state index in [0.717, 1.165) is 12.0 Å². The molecule has 1 amide bonds. The molecule has 0 aliphatic heterocycles. The van der Waals surface area contributed by atoms with Crippen molar-refractivity contribution >= 4 is 5.91 Å². The number of carbonyl (C=O) groups excluding carboxylic acids is 1. The van der Waals surface area contributed by atoms with Gasteiger partial charge in [-0.1, -0.05) is 18.2 Å². The summed E-state index contributed by atoms with van der Waals surface area (Å²) in [6.45, 7) is 3.59. The number of aromatic nitrogens is 1. The zero-order chi connectivity index (χ0) is 18.8. The fourth-order valence-corrected chi connectivity index (χ4v) is 2.30. The maximum atomic E-state index is 11.3. The van der Waals surface area contributed by atoms with Crippen LogP contribution in [0.5, 0.6) is 11.6 Å². The second-order valence-electron chi connectivity index (χ2n) is 5.86. The fraction of sp³-hybridized carbons (Fsp3) is 0.368. The van der Waals surface area contributed by atoms with Crippen LogP contribution >= 0.6 is 0 Å². The molecule has 4 N–H and O–H groups in total. The first kappa shape index (κ1) is 19.7. The molecule has 0 fully saturated rings. The number of rotatable bonds is 11. The molecule has 1 unspecified atom stereocenters. The molecule has 7 heteroatoms. The summed E-state index contributed by atoms with van der Waals surface area (Å²) >= 11 is 0. The van der Waals surface area contributed by atoms with E-state index < -0.39 is 12.0 Å². The van der Waals surface area contributed by atoms with Crippen molar-refractivity contribution in [1.82, 2.24) is 10.3 Å². The largest absolute Gasteiger partial charge is 0.493 e. The van der Waals surface area contributed by atoms with Crippen LogP contribution in [0.15, 0.2) is 42.6 Å². The van der Waals surface area contributed by atoms with Crippen molar-refractivity contribution in [3.63, 3.8) is 0 Å². The van der Waals surface area contributed by atoms with E-state index in [2.05, 4.69) is 10.3 Å². The number of aliphatic hydroxyl groups is 1. The topological polar surface area (TPSA) is 107 Å². The van der Waals surface area contributed by atoms with E-state index in [1.54, 1.807) is 30.5 Å². The first-order valence-electron chi connectivity index (χ1n) is 8.52. The predicted octanol–water partition coefficient (Wildman–Crippen LogP) is 1.29. The van der Waals surface area contributed by atoms with Crippen LogP contribution in [0, 0.1) is 6.92 Å². The molecular weight excluding hydrogens is 334 g/mol. The first-order valence-corrected chi connectivity index (χ1v) is 8.52. The summed E-state index contributed by atoms with van der Waals surface area (Å²) in [6.07, 6.45) is 1.75. The van der Waals surface area contributed by atoms with Crippen LogP contribution in [-0.2, 0) is 0 Å². The summed E-state index contributed by atoms with van der Waals surface area (Å²) in [6, 6.07) is 10.6. The third kappa shape index (κ3) is 6.34. The Morgan fingerprint density at radius 1 is 1.27 bits per heavy atom. The summed E-state index contributed by atoms with van der Waals surface area (Å²) < 4.78 is 11.1. The number of primary amides is 1. The number of nitrogens with one attached hydrogen (secondary N) is 1. The van der Waals surface area contributed by atoms with Gasteiger partial charge in [-0.2, -0.15) is 0 Å². The van der Waals surface area contributed by atoms with Gasteiger partial charge in [0.2, 0.25) is 5.88 Å². The van der Waals surface area contributed by atoms with E-state index in [9.17, 15) is 9.90 Å². The van der Waals surface area contributed by atoms with Crippen LogP contribution in [-0.4, -0.2) is 48.4 Å². The van der Waals surface area contributed by atoms with Gasteiger partial charge in [-0.3, -0.25) is 4.79 Å². The van der Waals surface area contributed by atoms with Gasteiger partial charge in [-0.05, 0) is 38.1 Å². The summed E-state index contributed by atoms with van der Waals surface area (Å²) in [5.74, 6) is 0.511. The van der Waals surface area contributed by atoms with E-state index >= 15 is 0 Å². The number of pyridine rings is 1. The molecule has 7 nitrogen and oxygen atoms in total. The monoisotopic (exact) mass is 359 g/mol. The Balaban J connectivity index is 1.59. The molecule has 0 aliphatic carbocycles. The minimum atomic E-state index is -0.632. The predicted molar refractivity (Wildman–Crippen MR) is 98.4 cm³/mol. The maximum Gasteiger partial charge on any atom is 0.252 e. The van der Waals surface area contributed by atoms with Crippen molar-refractivity contribution in [3.05, 3.63) is 53.7 Å². The molecule has 1 atom stereocenters. The number of amides is 1. The zero-order valence-electron chi connectivity index (χ0n) is 14.9. The number of carbonyl (C=O) groups is 1. The van der Waals surface area contributed by atoms with Gasteiger partial charge in [0.15, 0.2) is 0 Å². The first-order chi connectivity index (χ1) is 12.6. The molecule has 1 heterocycles. The number of para-hydroxylation sites is 1. The van der Waals surface area contributed by atoms with Gasteiger partial charge in [-0.25, -0.2) is 4.98 Å². The third-order valence-corrected chi connectivity index (χ3v) is 3.66. The van der Waals surface area contributed by atoms with Crippen LogP contribution in [0.4, 0.5) is 0 Å². The molecule has 2 aromatic rings. The smallest absolute Gasteiger partial charge is 0.252 e. The maximum absolute atomic E-state index is 11.3. The van der Waals surface area contributed by atoms with Crippen molar-refractivity contribution in [2.24, 2.45) is 5.73 Å². The molecule has 1 aromatic heterocycles. The molecule has 0 saturated heterocycles. The zero-order valence-corrected chi connectivity index (χ0v) is 14.9. The molecule has 1 aromatic carbocycles. The number of ether oxygens (including phenoxy) is 2. The molecular formula is C19H25N3O4. The van der Waals surface area contributed by atoms with E-state index in [0.29, 0.717) is 36.9 Å².